The second-order valence-corrected chi connectivity index (χ2v) is 4.86. The van der Waals surface area contributed by atoms with Crippen LogP contribution in [0.3, 0.4) is 0 Å². The average Bonchev–Trinajstić information content (AvgIpc) is 2.75. The smallest absolute Gasteiger partial charge is 0.387 e. The lowest BCUT2D eigenvalue weighted by molar-refractivity contribution is -0.117. The number of carbonyl (C=O) groups is 1. The molecule has 1 amide bonds. The summed E-state index contributed by atoms with van der Waals surface area (Å²) in [4.78, 5) is 12.0. The van der Waals surface area contributed by atoms with Crippen LogP contribution in [-0.2, 0) is 11.2 Å². The van der Waals surface area contributed by atoms with Gasteiger partial charge in [0.1, 0.15) is 5.75 Å². The molecule has 21 heavy (non-hydrogen) atoms. The molecule has 0 unspecified atom stereocenters. The fraction of sp³-hybridized carbons (Fsp3) is 0.188. The second kappa shape index (κ2) is 5.52. The van der Waals surface area contributed by atoms with Gasteiger partial charge in [-0.25, -0.2) is 0 Å². The summed E-state index contributed by atoms with van der Waals surface area (Å²) in [6.07, 6.45) is 0.448. The lowest BCUT2D eigenvalue weighted by Gasteiger charge is -2.10. The number of carbonyl (C=O) groups excluding carboxylic acids is 1. The van der Waals surface area contributed by atoms with Crippen molar-refractivity contribution in [2.24, 2.45) is 0 Å². The Morgan fingerprint density at radius 1 is 1.14 bits per heavy atom. The van der Waals surface area contributed by atoms with Crippen molar-refractivity contribution in [1.29, 1.82) is 0 Å². The maximum atomic E-state index is 12.2. The van der Waals surface area contributed by atoms with E-state index in [9.17, 15) is 13.6 Å². The third-order valence-electron chi connectivity index (χ3n) is 3.47. The highest BCUT2D eigenvalue weighted by Crippen LogP contribution is 2.34. The van der Waals surface area contributed by atoms with Crippen LogP contribution in [0.5, 0.6) is 5.75 Å². The van der Waals surface area contributed by atoms with Gasteiger partial charge in [-0.05, 0) is 35.7 Å². The van der Waals surface area contributed by atoms with E-state index in [0.717, 1.165) is 16.8 Å². The van der Waals surface area contributed by atoms with Crippen molar-refractivity contribution in [2.45, 2.75) is 19.0 Å². The van der Waals surface area contributed by atoms with E-state index in [0.29, 0.717) is 6.42 Å². The number of halogens is 2. The van der Waals surface area contributed by atoms with Gasteiger partial charge in [0, 0.05) is 5.69 Å². The van der Waals surface area contributed by atoms with Crippen LogP contribution in [0.15, 0.2) is 48.5 Å². The minimum absolute atomic E-state index is 0.0728. The van der Waals surface area contributed by atoms with Crippen LogP contribution in [0.1, 0.15) is 17.0 Å². The Morgan fingerprint density at radius 2 is 1.95 bits per heavy atom. The van der Waals surface area contributed by atoms with Gasteiger partial charge in [-0.2, -0.15) is 8.78 Å². The first kappa shape index (κ1) is 13.5. The molecule has 1 aliphatic rings. The van der Waals surface area contributed by atoms with Crippen molar-refractivity contribution >= 4 is 11.6 Å². The molecule has 3 nitrogen and oxygen atoms in total. The quantitative estimate of drug-likeness (QED) is 0.934. The summed E-state index contributed by atoms with van der Waals surface area (Å²) in [7, 11) is 0. The minimum atomic E-state index is -2.85. The van der Waals surface area contributed by atoms with Crippen LogP contribution in [-0.4, -0.2) is 12.5 Å². The van der Waals surface area contributed by atoms with Gasteiger partial charge in [0.05, 0.1) is 5.92 Å². The van der Waals surface area contributed by atoms with Crippen LogP contribution < -0.4 is 10.1 Å². The number of hydrogen-bond acceptors (Lipinski definition) is 2. The number of amides is 1. The van der Waals surface area contributed by atoms with Gasteiger partial charge < -0.3 is 10.1 Å². The molecule has 0 fully saturated rings. The SMILES string of the molecule is O=C1Nc2ccccc2[C@@H]1Cc1cccc(OC(F)F)c1. The number of ether oxygens (including phenoxy) is 1. The standard InChI is InChI=1S/C16H13F2NO2/c17-16(18)21-11-5-3-4-10(8-11)9-13-12-6-1-2-7-14(12)19-15(13)20/h1-8,13,16H,9H2,(H,19,20)/t13-/m0/s1. The predicted octanol–water partition coefficient (Wildman–Crippen LogP) is 3.57. The molecular weight excluding hydrogens is 276 g/mol. The Bertz CT molecular complexity index is 673. The van der Waals surface area contributed by atoms with Crippen molar-refractivity contribution in [3.05, 3.63) is 59.7 Å². The highest BCUT2D eigenvalue weighted by atomic mass is 19.3. The van der Waals surface area contributed by atoms with E-state index in [1.165, 1.54) is 6.07 Å². The molecule has 5 heteroatoms. The minimum Gasteiger partial charge on any atom is -0.435 e. The highest BCUT2D eigenvalue weighted by molar-refractivity contribution is 6.03. The van der Waals surface area contributed by atoms with Gasteiger partial charge in [-0.1, -0.05) is 30.3 Å². The Hall–Kier alpha value is -2.43. The molecule has 2 aromatic rings. The molecule has 1 aliphatic heterocycles. The van der Waals surface area contributed by atoms with Gasteiger partial charge in [0.2, 0.25) is 5.91 Å². The molecule has 1 heterocycles. The molecule has 0 radical (unpaired) electrons. The molecule has 1 N–H and O–H groups in total. The number of nitrogens with one attached hydrogen (secondary N) is 1. The van der Waals surface area contributed by atoms with E-state index < -0.39 is 6.61 Å². The summed E-state index contributed by atoms with van der Waals surface area (Å²) in [6.45, 7) is -2.85. The molecule has 2 aromatic carbocycles. The molecule has 0 saturated heterocycles. The molecule has 0 saturated carbocycles. The van der Waals surface area contributed by atoms with Crippen molar-refractivity contribution in [3.63, 3.8) is 0 Å². The van der Waals surface area contributed by atoms with E-state index in [-0.39, 0.29) is 17.6 Å². The summed E-state index contributed by atoms with van der Waals surface area (Å²) in [6, 6.07) is 13.9. The van der Waals surface area contributed by atoms with Gasteiger partial charge in [-0.3, -0.25) is 4.79 Å². The summed E-state index contributed by atoms with van der Waals surface area (Å²) in [5.74, 6) is -0.270. The maximum absolute atomic E-state index is 12.2. The lowest BCUT2D eigenvalue weighted by Crippen LogP contribution is -2.14. The van der Waals surface area contributed by atoms with E-state index in [1.54, 1.807) is 18.2 Å². The lowest BCUT2D eigenvalue weighted by atomic mass is 9.93. The second-order valence-electron chi connectivity index (χ2n) is 4.86. The molecular formula is C16H13F2NO2. The number of rotatable bonds is 4. The van der Waals surface area contributed by atoms with Gasteiger partial charge in [0.25, 0.3) is 0 Å². The summed E-state index contributed by atoms with van der Waals surface area (Å²) >= 11 is 0. The topological polar surface area (TPSA) is 38.3 Å². The number of anilines is 1. The fourth-order valence-corrected chi connectivity index (χ4v) is 2.56. The molecule has 108 valence electrons. The first-order valence-corrected chi connectivity index (χ1v) is 6.57. The van der Waals surface area contributed by atoms with Crippen LogP contribution in [0.2, 0.25) is 0 Å². The molecule has 0 aliphatic carbocycles. The third kappa shape index (κ3) is 2.86. The zero-order valence-corrected chi connectivity index (χ0v) is 11.1. The Labute approximate surface area is 120 Å². The van der Waals surface area contributed by atoms with Crippen molar-refractivity contribution < 1.29 is 18.3 Å². The fourth-order valence-electron chi connectivity index (χ4n) is 2.56. The van der Waals surface area contributed by atoms with Crippen molar-refractivity contribution in [1.82, 2.24) is 0 Å². The molecule has 0 aromatic heterocycles. The zero-order chi connectivity index (χ0) is 14.8. The van der Waals surface area contributed by atoms with Crippen LogP contribution in [0.4, 0.5) is 14.5 Å². The van der Waals surface area contributed by atoms with Gasteiger partial charge >= 0.3 is 6.61 Å². The van der Waals surface area contributed by atoms with Crippen LogP contribution >= 0.6 is 0 Å². The summed E-state index contributed by atoms with van der Waals surface area (Å²) in [5, 5.41) is 2.82. The van der Waals surface area contributed by atoms with Gasteiger partial charge in [-0.15, -0.1) is 0 Å². The van der Waals surface area contributed by atoms with Crippen molar-refractivity contribution in [3.8, 4) is 5.75 Å². The Balaban J connectivity index is 1.82. The molecule has 0 bridgehead atoms. The largest absolute Gasteiger partial charge is 0.435 e. The molecule has 3 rings (SSSR count). The number of hydrogen-bond donors (Lipinski definition) is 1. The van der Waals surface area contributed by atoms with E-state index in [2.05, 4.69) is 10.1 Å². The van der Waals surface area contributed by atoms with Crippen molar-refractivity contribution in [2.75, 3.05) is 5.32 Å². The number of alkyl halides is 2. The van der Waals surface area contributed by atoms with Crippen LogP contribution in [0, 0.1) is 0 Å². The van der Waals surface area contributed by atoms with Crippen LogP contribution in [0.25, 0.3) is 0 Å². The Morgan fingerprint density at radius 3 is 2.76 bits per heavy atom. The first-order chi connectivity index (χ1) is 10.1. The summed E-state index contributed by atoms with van der Waals surface area (Å²) < 4.78 is 28.8. The third-order valence-corrected chi connectivity index (χ3v) is 3.47. The monoisotopic (exact) mass is 289 g/mol. The summed E-state index contributed by atoms with van der Waals surface area (Å²) in [5.41, 5.74) is 2.53. The highest BCUT2D eigenvalue weighted by Gasteiger charge is 2.30. The van der Waals surface area contributed by atoms with Gasteiger partial charge in [0.15, 0.2) is 0 Å². The molecule has 0 spiro atoms. The molecule has 1 atom stereocenters. The Kier molecular flexibility index (Phi) is 3.56. The first-order valence-electron chi connectivity index (χ1n) is 6.57. The van der Waals surface area contributed by atoms with E-state index in [1.807, 2.05) is 24.3 Å². The maximum Gasteiger partial charge on any atom is 0.387 e. The zero-order valence-electron chi connectivity index (χ0n) is 11.1. The predicted molar refractivity (Wildman–Crippen MR) is 74.6 cm³/mol. The van der Waals surface area contributed by atoms with E-state index in [4.69, 9.17) is 0 Å². The number of fused-ring (bicyclic) bond motifs is 1. The average molecular weight is 289 g/mol. The normalized spacial score (nSPS) is 16.7. The number of benzene rings is 2. The van der Waals surface area contributed by atoms with E-state index >= 15 is 0 Å². The number of para-hydroxylation sites is 1.